The second-order valence-electron chi connectivity index (χ2n) is 4.81. The fourth-order valence-electron chi connectivity index (χ4n) is 2.16. The first-order valence-corrected chi connectivity index (χ1v) is 6.36. The number of hydrogen-bond acceptors (Lipinski definition) is 3. The van der Waals surface area contributed by atoms with Crippen molar-refractivity contribution in [2.45, 2.75) is 39.0 Å². The Kier molecular flexibility index (Phi) is 3.92. The lowest BCUT2D eigenvalue weighted by molar-refractivity contribution is 0.254. The average Bonchev–Trinajstić information content (AvgIpc) is 2.73. The molecule has 0 saturated carbocycles. The minimum atomic E-state index is 0.264. The van der Waals surface area contributed by atoms with Gasteiger partial charge in [0.25, 0.3) is 0 Å². The third kappa shape index (κ3) is 2.67. The molecule has 2 unspecified atom stereocenters. The van der Waals surface area contributed by atoms with E-state index in [-0.39, 0.29) is 12.1 Å². The number of benzene rings is 1. The molecule has 0 aromatic heterocycles. The molecule has 0 aliphatic carbocycles. The van der Waals surface area contributed by atoms with Crippen LogP contribution in [0.3, 0.4) is 0 Å². The molecule has 1 heterocycles. The molecule has 98 valence electrons. The predicted molar refractivity (Wildman–Crippen MR) is 73.3 cm³/mol. The molecule has 2 atom stereocenters. The highest BCUT2D eigenvalue weighted by Gasteiger charge is 2.21. The highest BCUT2D eigenvalue weighted by Crippen LogP contribution is 2.34. The maximum Gasteiger partial charge on any atom is 0.123 e. The smallest absolute Gasteiger partial charge is 0.123 e. The van der Waals surface area contributed by atoms with Crippen molar-refractivity contribution in [1.29, 1.82) is 0 Å². The van der Waals surface area contributed by atoms with Crippen molar-refractivity contribution in [1.82, 2.24) is 5.32 Å². The van der Waals surface area contributed by atoms with Gasteiger partial charge in [0.1, 0.15) is 17.6 Å². The molecule has 1 aliphatic heterocycles. The molecular weight excluding hydrogens is 226 g/mol. The van der Waals surface area contributed by atoms with Crippen molar-refractivity contribution in [2.75, 3.05) is 7.11 Å². The Morgan fingerprint density at radius 1 is 1.61 bits per heavy atom. The van der Waals surface area contributed by atoms with Gasteiger partial charge in [-0.25, -0.2) is 0 Å². The zero-order chi connectivity index (χ0) is 13.1. The van der Waals surface area contributed by atoms with Crippen LogP contribution in [0.1, 0.15) is 25.0 Å². The topological polar surface area (TPSA) is 30.5 Å². The highest BCUT2D eigenvalue weighted by atomic mass is 16.5. The number of fused-ring (bicyclic) bond motifs is 1. The van der Waals surface area contributed by atoms with E-state index in [0.29, 0.717) is 0 Å². The van der Waals surface area contributed by atoms with E-state index in [1.807, 2.05) is 6.08 Å². The van der Waals surface area contributed by atoms with Crippen LogP contribution in [0.15, 0.2) is 24.8 Å². The zero-order valence-electron chi connectivity index (χ0n) is 11.3. The Balaban J connectivity index is 2.19. The van der Waals surface area contributed by atoms with Crippen LogP contribution in [0.2, 0.25) is 0 Å². The van der Waals surface area contributed by atoms with Gasteiger partial charge in [-0.05, 0) is 26.0 Å². The molecule has 2 rings (SSSR count). The lowest BCUT2D eigenvalue weighted by Crippen LogP contribution is -2.23. The van der Waals surface area contributed by atoms with E-state index in [2.05, 4.69) is 37.9 Å². The summed E-state index contributed by atoms with van der Waals surface area (Å²) in [6.07, 6.45) is 3.11. The summed E-state index contributed by atoms with van der Waals surface area (Å²) in [6.45, 7) is 8.68. The van der Waals surface area contributed by atoms with Gasteiger partial charge in [0.15, 0.2) is 0 Å². The summed E-state index contributed by atoms with van der Waals surface area (Å²) >= 11 is 0. The van der Waals surface area contributed by atoms with Crippen molar-refractivity contribution >= 4 is 0 Å². The lowest BCUT2D eigenvalue weighted by atomic mass is 10.1. The third-order valence-corrected chi connectivity index (χ3v) is 3.27. The lowest BCUT2D eigenvalue weighted by Gasteiger charge is -2.14. The standard InChI is InChI=1S/C15H21NO2/c1-5-10(2)16-9-13-8-15-12(6-11(3)18-15)7-14(13)17-4/h5,7-8,10-11,16H,1,6,9H2,2-4H3. The number of nitrogens with one attached hydrogen (secondary N) is 1. The van der Waals surface area contributed by atoms with E-state index < -0.39 is 0 Å². The number of ether oxygens (including phenoxy) is 2. The van der Waals surface area contributed by atoms with Gasteiger partial charge < -0.3 is 14.8 Å². The summed E-state index contributed by atoms with van der Waals surface area (Å²) in [6, 6.07) is 4.46. The first-order valence-electron chi connectivity index (χ1n) is 6.36. The second-order valence-corrected chi connectivity index (χ2v) is 4.81. The van der Waals surface area contributed by atoms with Crippen LogP contribution in [-0.4, -0.2) is 19.3 Å². The summed E-state index contributed by atoms with van der Waals surface area (Å²) in [7, 11) is 1.71. The Morgan fingerprint density at radius 3 is 3.06 bits per heavy atom. The number of hydrogen-bond donors (Lipinski definition) is 1. The molecule has 0 fully saturated rings. The predicted octanol–water partition coefficient (Wildman–Crippen LogP) is 2.68. The summed E-state index contributed by atoms with van der Waals surface area (Å²) < 4.78 is 11.2. The number of methoxy groups -OCH3 is 1. The quantitative estimate of drug-likeness (QED) is 0.811. The van der Waals surface area contributed by atoms with Gasteiger partial charge in [-0.3, -0.25) is 0 Å². The third-order valence-electron chi connectivity index (χ3n) is 3.27. The normalized spacial score (nSPS) is 18.9. The Hall–Kier alpha value is -1.48. The van der Waals surface area contributed by atoms with Crippen LogP contribution < -0.4 is 14.8 Å². The second kappa shape index (κ2) is 5.44. The fraction of sp³-hybridized carbons (Fsp3) is 0.467. The summed E-state index contributed by atoms with van der Waals surface area (Å²) in [5.41, 5.74) is 2.36. The summed E-state index contributed by atoms with van der Waals surface area (Å²) in [5.74, 6) is 1.92. The van der Waals surface area contributed by atoms with Crippen LogP contribution in [0.4, 0.5) is 0 Å². The average molecular weight is 247 g/mol. The van der Waals surface area contributed by atoms with E-state index in [4.69, 9.17) is 9.47 Å². The zero-order valence-corrected chi connectivity index (χ0v) is 11.3. The van der Waals surface area contributed by atoms with E-state index in [1.165, 1.54) is 5.56 Å². The fourth-order valence-corrected chi connectivity index (χ4v) is 2.16. The first-order chi connectivity index (χ1) is 8.63. The summed E-state index contributed by atoms with van der Waals surface area (Å²) in [4.78, 5) is 0. The van der Waals surface area contributed by atoms with Crippen molar-refractivity contribution in [2.24, 2.45) is 0 Å². The molecule has 0 amide bonds. The Labute approximate surface area is 109 Å². The van der Waals surface area contributed by atoms with E-state index in [1.54, 1.807) is 7.11 Å². The molecule has 0 radical (unpaired) electrons. The van der Waals surface area contributed by atoms with E-state index in [0.717, 1.165) is 30.0 Å². The molecule has 1 aromatic carbocycles. The van der Waals surface area contributed by atoms with Gasteiger partial charge in [-0.1, -0.05) is 6.08 Å². The molecular formula is C15H21NO2. The van der Waals surface area contributed by atoms with Gasteiger partial charge in [0, 0.05) is 30.1 Å². The van der Waals surface area contributed by atoms with Crippen molar-refractivity contribution in [3.8, 4) is 11.5 Å². The maximum atomic E-state index is 5.78. The van der Waals surface area contributed by atoms with Gasteiger partial charge in [0.05, 0.1) is 7.11 Å². The molecule has 3 heteroatoms. The van der Waals surface area contributed by atoms with E-state index >= 15 is 0 Å². The van der Waals surface area contributed by atoms with Gasteiger partial charge in [-0.15, -0.1) is 6.58 Å². The first kappa shape index (κ1) is 13.0. The minimum Gasteiger partial charge on any atom is -0.496 e. The van der Waals surface area contributed by atoms with Crippen LogP contribution in [0.25, 0.3) is 0 Å². The van der Waals surface area contributed by atoms with Crippen molar-refractivity contribution in [3.05, 3.63) is 35.9 Å². The highest BCUT2D eigenvalue weighted by molar-refractivity contribution is 5.48. The van der Waals surface area contributed by atoms with Crippen LogP contribution in [-0.2, 0) is 13.0 Å². The minimum absolute atomic E-state index is 0.264. The molecule has 1 N–H and O–H groups in total. The Bertz CT molecular complexity index is 442. The molecule has 1 aliphatic rings. The van der Waals surface area contributed by atoms with Crippen molar-refractivity contribution in [3.63, 3.8) is 0 Å². The van der Waals surface area contributed by atoms with Crippen molar-refractivity contribution < 1.29 is 9.47 Å². The maximum absolute atomic E-state index is 5.78. The molecule has 0 bridgehead atoms. The molecule has 0 spiro atoms. The molecule has 18 heavy (non-hydrogen) atoms. The van der Waals surface area contributed by atoms with Gasteiger partial charge in [-0.2, -0.15) is 0 Å². The van der Waals surface area contributed by atoms with Crippen LogP contribution >= 0.6 is 0 Å². The van der Waals surface area contributed by atoms with Gasteiger partial charge >= 0.3 is 0 Å². The van der Waals surface area contributed by atoms with Crippen LogP contribution in [0.5, 0.6) is 11.5 Å². The van der Waals surface area contributed by atoms with E-state index in [9.17, 15) is 0 Å². The molecule has 1 aromatic rings. The number of rotatable bonds is 5. The van der Waals surface area contributed by atoms with Gasteiger partial charge in [0.2, 0.25) is 0 Å². The monoisotopic (exact) mass is 247 g/mol. The summed E-state index contributed by atoms with van der Waals surface area (Å²) in [5, 5.41) is 3.37. The molecule has 3 nitrogen and oxygen atoms in total. The van der Waals surface area contributed by atoms with Crippen LogP contribution in [0, 0.1) is 0 Å². The molecule has 0 saturated heterocycles. The largest absolute Gasteiger partial charge is 0.496 e. The SMILES string of the molecule is C=CC(C)NCc1cc2c(cc1OC)CC(C)O2. The Morgan fingerprint density at radius 2 is 2.39 bits per heavy atom.